The first kappa shape index (κ1) is 16.6. The zero-order valence-corrected chi connectivity index (χ0v) is 14.3. The number of nitrogens with zero attached hydrogens (tertiary/aromatic N) is 3. The van der Waals surface area contributed by atoms with E-state index in [0.29, 0.717) is 33.9 Å². The van der Waals surface area contributed by atoms with Crippen LogP contribution in [-0.4, -0.2) is 26.8 Å². The lowest BCUT2D eigenvalue weighted by atomic mass is 10.2. The van der Waals surface area contributed by atoms with Crippen molar-refractivity contribution < 1.29 is 13.7 Å². The van der Waals surface area contributed by atoms with Crippen molar-refractivity contribution in [2.24, 2.45) is 0 Å². The van der Waals surface area contributed by atoms with E-state index < -0.39 is 0 Å². The predicted molar refractivity (Wildman–Crippen MR) is 91.3 cm³/mol. The second-order valence-corrected chi connectivity index (χ2v) is 6.66. The van der Waals surface area contributed by atoms with Gasteiger partial charge in [-0.1, -0.05) is 17.3 Å². The van der Waals surface area contributed by atoms with Crippen molar-refractivity contribution in [2.75, 3.05) is 11.1 Å². The van der Waals surface area contributed by atoms with E-state index in [1.807, 2.05) is 0 Å². The predicted octanol–water partition coefficient (Wildman–Crippen LogP) is 3.51. The summed E-state index contributed by atoms with van der Waals surface area (Å²) in [5.41, 5.74) is 1.30. The van der Waals surface area contributed by atoms with Crippen molar-refractivity contribution in [3.05, 3.63) is 47.2 Å². The molecule has 0 aliphatic rings. The van der Waals surface area contributed by atoms with Gasteiger partial charge in [0, 0.05) is 17.9 Å². The quantitative estimate of drug-likeness (QED) is 0.721. The molecule has 124 valence electrons. The summed E-state index contributed by atoms with van der Waals surface area (Å²) in [6.07, 6.45) is 0. The minimum Gasteiger partial charge on any atom is -0.340 e. The highest BCUT2D eigenvalue weighted by Crippen LogP contribution is 2.25. The van der Waals surface area contributed by atoms with E-state index in [1.165, 1.54) is 35.2 Å². The van der Waals surface area contributed by atoms with Gasteiger partial charge >= 0.3 is 0 Å². The topological polar surface area (TPSA) is 80.9 Å². The molecule has 24 heavy (non-hydrogen) atoms. The van der Waals surface area contributed by atoms with Crippen LogP contribution < -0.4 is 5.32 Å². The lowest BCUT2D eigenvalue weighted by molar-refractivity contribution is -0.113. The van der Waals surface area contributed by atoms with Crippen LogP contribution in [0.5, 0.6) is 0 Å². The van der Waals surface area contributed by atoms with E-state index in [1.54, 1.807) is 24.4 Å². The number of aromatic nitrogens is 3. The van der Waals surface area contributed by atoms with Crippen LogP contribution in [0.15, 0.2) is 34.2 Å². The van der Waals surface area contributed by atoms with E-state index in [9.17, 15) is 9.18 Å². The van der Waals surface area contributed by atoms with Gasteiger partial charge in [-0.3, -0.25) is 4.79 Å². The van der Waals surface area contributed by atoms with Crippen LogP contribution in [0.3, 0.4) is 0 Å². The smallest absolute Gasteiger partial charge is 0.236 e. The maximum atomic E-state index is 13.2. The van der Waals surface area contributed by atoms with Gasteiger partial charge in [0.25, 0.3) is 0 Å². The monoisotopic (exact) mass is 364 g/mol. The van der Waals surface area contributed by atoms with Crippen molar-refractivity contribution in [2.45, 2.75) is 12.7 Å². The van der Waals surface area contributed by atoms with Gasteiger partial charge in [0.1, 0.15) is 5.82 Å². The average Bonchev–Trinajstić information content (AvgIpc) is 3.17. The molecule has 9 heteroatoms. The number of benzene rings is 1. The molecule has 3 rings (SSSR count). The molecule has 2 heterocycles. The molecule has 0 spiro atoms. The number of carbonyl (C=O) groups excluding carboxylic acids is 1. The lowest BCUT2D eigenvalue weighted by Crippen LogP contribution is -2.14. The standard InChI is InChI=1S/C15H13FN4O2S2/c1-9-17-13(20-22-9)7-23-8-14(21)19-15-18-12(6-24-15)10-3-2-4-11(16)5-10/h2-6H,7-8H2,1H3,(H,18,19,21). The van der Waals surface area contributed by atoms with Gasteiger partial charge in [0.05, 0.1) is 17.2 Å². The number of anilines is 1. The van der Waals surface area contributed by atoms with Gasteiger partial charge < -0.3 is 9.84 Å². The Morgan fingerprint density at radius 2 is 2.29 bits per heavy atom. The Labute approximate surface area is 145 Å². The first-order valence-corrected chi connectivity index (χ1v) is 9.02. The summed E-state index contributed by atoms with van der Waals surface area (Å²) in [7, 11) is 0. The van der Waals surface area contributed by atoms with Gasteiger partial charge in [-0.05, 0) is 12.1 Å². The molecular weight excluding hydrogens is 351 g/mol. The van der Waals surface area contributed by atoms with E-state index in [0.717, 1.165) is 0 Å². The summed E-state index contributed by atoms with van der Waals surface area (Å²) >= 11 is 2.68. The molecule has 3 aromatic rings. The Hall–Kier alpha value is -2.26. The molecule has 1 amide bonds. The largest absolute Gasteiger partial charge is 0.340 e. The number of thioether (sulfide) groups is 1. The molecule has 1 aromatic carbocycles. The summed E-state index contributed by atoms with van der Waals surface area (Å²) in [6, 6.07) is 6.18. The second-order valence-electron chi connectivity index (χ2n) is 4.82. The van der Waals surface area contributed by atoms with Crippen LogP contribution in [-0.2, 0) is 10.5 Å². The Morgan fingerprint density at radius 1 is 1.42 bits per heavy atom. The fraction of sp³-hybridized carbons (Fsp3) is 0.200. The van der Waals surface area contributed by atoms with Gasteiger partial charge in [-0.25, -0.2) is 9.37 Å². The molecule has 1 N–H and O–H groups in total. The highest BCUT2D eigenvalue weighted by Gasteiger charge is 2.10. The van der Waals surface area contributed by atoms with Gasteiger partial charge in [-0.15, -0.1) is 23.1 Å². The minimum absolute atomic E-state index is 0.166. The summed E-state index contributed by atoms with van der Waals surface area (Å²) in [5, 5.41) is 8.75. The number of aryl methyl sites for hydroxylation is 1. The molecular formula is C15H13FN4O2S2. The number of thiazole rings is 1. The molecule has 0 aliphatic carbocycles. The Bertz CT molecular complexity index is 849. The molecule has 0 bridgehead atoms. The first-order valence-electron chi connectivity index (χ1n) is 6.98. The van der Waals surface area contributed by atoms with E-state index in [-0.39, 0.29) is 17.5 Å². The van der Waals surface area contributed by atoms with E-state index in [2.05, 4.69) is 20.4 Å². The molecule has 0 unspecified atom stereocenters. The van der Waals surface area contributed by atoms with Gasteiger partial charge in [0.2, 0.25) is 11.8 Å². The Kier molecular flexibility index (Phi) is 5.21. The van der Waals surface area contributed by atoms with Crippen LogP contribution in [0, 0.1) is 12.7 Å². The third-order valence-corrected chi connectivity index (χ3v) is 4.59. The molecule has 0 fully saturated rings. The van der Waals surface area contributed by atoms with Crippen LogP contribution in [0.4, 0.5) is 9.52 Å². The number of carbonyl (C=O) groups is 1. The minimum atomic E-state index is -0.320. The van der Waals surface area contributed by atoms with Crippen LogP contribution in [0.1, 0.15) is 11.7 Å². The summed E-state index contributed by atoms with van der Waals surface area (Å²) in [5.74, 6) is 1.33. The summed E-state index contributed by atoms with van der Waals surface area (Å²) in [4.78, 5) is 20.3. The van der Waals surface area contributed by atoms with E-state index in [4.69, 9.17) is 4.52 Å². The number of rotatable bonds is 6. The lowest BCUT2D eigenvalue weighted by Gasteiger charge is -2.00. The van der Waals surface area contributed by atoms with Gasteiger partial charge in [0.15, 0.2) is 11.0 Å². The number of hydrogen-bond acceptors (Lipinski definition) is 7. The number of halogens is 1. The summed E-state index contributed by atoms with van der Waals surface area (Å²) < 4.78 is 18.1. The average molecular weight is 364 g/mol. The first-order chi connectivity index (χ1) is 11.6. The number of nitrogens with one attached hydrogen (secondary N) is 1. The van der Waals surface area contributed by atoms with Crippen LogP contribution in [0.2, 0.25) is 0 Å². The maximum Gasteiger partial charge on any atom is 0.236 e. The molecule has 0 aliphatic heterocycles. The third-order valence-electron chi connectivity index (χ3n) is 2.90. The fourth-order valence-corrected chi connectivity index (χ4v) is 3.30. The third kappa shape index (κ3) is 4.39. The number of hydrogen-bond donors (Lipinski definition) is 1. The fourth-order valence-electron chi connectivity index (χ4n) is 1.90. The molecule has 0 radical (unpaired) electrons. The molecule has 0 saturated carbocycles. The normalized spacial score (nSPS) is 10.8. The number of amides is 1. The van der Waals surface area contributed by atoms with Crippen molar-refractivity contribution >= 4 is 34.1 Å². The highest BCUT2D eigenvalue weighted by atomic mass is 32.2. The summed E-state index contributed by atoms with van der Waals surface area (Å²) in [6.45, 7) is 1.71. The van der Waals surface area contributed by atoms with Crippen LogP contribution >= 0.6 is 23.1 Å². The van der Waals surface area contributed by atoms with Crippen LogP contribution in [0.25, 0.3) is 11.3 Å². The highest BCUT2D eigenvalue weighted by molar-refractivity contribution is 7.99. The van der Waals surface area contributed by atoms with Crippen molar-refractivity contribution in [1.82, 2.24) is 15.1 Å². The maximum absolute atomic E-state index is 13.2. The molecule has 2 aromatic heterocycles. The van der Waals surface area contributed by atoms with Crippen molar-refractivity contribution in [1.29, 1.82) is 0 Å². The molecule has 0 saturated heterocycles. The second kappa shape index (κ2) is 7.54. The Balaban J connectivity index is 1.51. The van der Waals surface area contributed by atoms with E-state index >= 15 is 0 Å². The zero-order valence-electron chi connectivity index (χ0n) is 12.7. The van der Waals surface area contributed by atoms with Crippen molar-refractivity contribution in [3.8, 4) is 11.3 Å². The van der Waals surface area contributed by atoms with Gasteiger partial charge in [-0.2, -0.15) is 4.98 Å². The zero-order chi connectivity index (χ0) is 16.9. The SMILES string of the molecule is Cc1nc(CSCC(=O)Nc2nc(-c3cccc(F)c3)cs2)no1. The Morgan fingerprint density at radius 3 is 3.04 bits per heavy atom. The van der Waals surface area contributed by atoms with Crippen molar-refractivity contribution in [3.63, 3.8) is 0 Å². The molecule has 0 atom stereocenters. The molecule has 6 nitrogen and oxygen atoms in total.